The zero-order valence-electron chi connectivity index (χ0n) is 16.4. The molecule has 3 unspecified atom stereocenters. The van der Waals surface area contributed by atoms with Crippen LogP contribution in [0.3, 0.4) is 0 Å². The molecule has 2 aliphatic rings. The maximum atomic E-state index is 12.4. The fraction of sp³-hybridized carbons (Fsp3) is 0.650. The first kappa shape index (κ1) is 19.4. The number of aliphatic hydroxyl groups excluding tert-OH is 1. The molecule has 0 spiro atoms. The molecule has 0 amide bonds. The number of aromatic nitrogens is 3. The van der Waals surface area contributed by atoms with Gasteiger partial charge in [-0.3, -0.25) is 4.79 Å². The van der Waals surface area contributed by atoms with E-state index in [1.807, 2.05) is 18.4 Å². The van der Waals surface area contributed by atoms with Gasteiger partial charge in [0.15, 0.2) is 5.13 Å². The van der Waals surface area contributed by atoms with E-state index in [4.69, 9.17) is 5.10 Å². The largest absolute Gasteiger partial charge is 0.391 e. The minimum Gasteiger partial charge on any atom is -0.391 e. The van der Waals surface area contributed by atoms with Gasteiger partial charge in [0, 0.05) is 30.6 Å². The monoisotopic (exact) mass is 403 g/mol. The zero-order valence-corrected chi connectivity index (χ0v) is 17.2. The number of nitrogens with zero attached hydrogens (tertiary/aromatic N) is 4. The van der Waals surface area contributed by atoms with E-state index in [0.717, 1.165) is 68.3 Å². The lowest BCUT2D eigenvalue weighted by atomic mass is 9.93. The van der Waals surface area contributed by atoms with Crippen LogP contribution in [-0.4, -0.2) is 45.1 Å². The minimum atomic E-state index is -0.485. The molecule has 1 saturated carbocycles. The van der Waals surface area contributed by atoms with Crippen LogP contribution in [0.5, 0.6) is 0 Å². The summed E-state index contributed by atoms with van der Waals surface area (Å²) in [5.74, 6) is 0.833. The number of piperidine rings is 1. The Hall–Kier alpha value is -1.93. The third-order valence-corrected chi connectivity index (χ3v) is 6.77. The molecule has 7 nitrogen and oxygen atoms in total. The van der Waals surface area contributed by atoms with Gasteiger partial charge in [0.2, 0.25) is 0 Å². The highest BCUT2D eigenvalue weighted by atomic mass is 32.1. The molecule has 28 heavy (non-hydrogen) atoms. The molecule has 3 heterocycles. The van der Waals surface area contributed by atoms with Gasteiger partial charge in [0.1, 0.15) is 5.82 Å². The average Bonchev–Trinajstić information content (AvgIpc) is 3.13. The molecule has 2 aromatic rings. The van der Waals surface area contributed by atoms with Crippen molar-refractivity contribution in [1.82, 2.24) is 14.8 Å². The predicted octanol–water partition coefficient (Wildman–Crippen LogP) is 2.96. The third kappa shape index (κ3) is 4.22. The van der Waals surface area contributed by atoms with Gasteiger partial charge >= 0.3 is 0 Å². The highest BCUT2D eigenvalue weighted by Gasteiger charge is 2.28. The Balaban J connectivity index is 1.53. The first-order valence-electron chi connectivity index (χ1n) is 10.3. The number of rotatable bonds is 5. The van der Waals surface area contributed by atoms with Gasteiger partial charge in [0.25, 0.3) is 5.56 Å². The number of hydrogen-bond acceptors (Lipinski definition) is 7. The number of aliphatic hydroxyl groups is 1. The summed E-state index contributed by atoms with van der Waals surface area (Å²) in [5.41, 5.74) is 0.910. The Morgan fingerprint density at radius 3 is 2.82 bits per heavy atom. The Morgan fingerprint density at radius 2 is 2.04 bits per heavy atom. The molecular weight excluding hydrogens is 374 g/mol. The van der Waals surface area contributed by atoms with Crippen LogP contribution >= 0.6 is 11.3 Å². The topological polar surface area (TPSA) is 83.3 Å². The summed E-state index contributed by atoms with van der Waals surface area (Å²) >= 11 is 1.63. The first-order chi connectivity index (χ1) is 13.6. The van der Waals surface area contributed by atoms with Crippen molar-refractivity contribution in [3.8, 4) is 0 Å². The molecule has 1 aliphatic heterocycles. The number of nitrogens with one attached hydrogen (secondary N) is 1. The molecule has 1 saturated heterocycles. The SMILES string of the molecule is Cc1csc(NCC2CCCCN2c2ccc(=O)n(C3CCCCC3O)n2)n1. The Kier molecular flexibility index (Phi) is 5.96. The Bertz CT molecular complexity index is 851. The van der Waals surface area contributed by atoms with E-state index in [1.165, 1.54) is 11.1 Å². The summed E-state index contributed by atoms with van der Waals surface area (Å²) in [6, 6.07) is 3.54. The van der Waals surface area contributed by atoms with Gasteiger partial charge in [0.05, 0.1) is 17.8 Å². The van der Waals surface area contributed by atoms with Gasteiger partial charge in [-0.2, -0.15) is 5.10 Å². The third-order valence-electron chi connectivity index (χ3n) is 5.85. The summed E-state index contributed by atoms with van der Waals surface area (Å²) in [4.78, 5) is 19.2. The molecule has 2 N–H and O–H groups in total. The van der Waals surface area contributed by atoms with Crippen molar-refractivity contribution in [1.29, 1.82) is 0 Å². The maximum absolute atomic E-state index is 12.4. The van der Waals surface area contributed by atoms with Crippen LogP contribution in [0.15, 0.2) is 22.3 Å². The molecule has 0 radical (unpaired) electrons. The van der Waals surface area contributed by atoms with Crippen molar-refractivity contribution >= 4 is 22.3 Å². The molecule has 1 aliphatic carbocycles. The molecule has 0 bridgehead atoms. The number of anilines is 2. The van der Waals surface area contributed by atoms with E-state index in [-0.39, 0.29) is 11.6 Å². The maximum Gasteiger partial charge on any atom is 0.267 e. The molecule has 152 valence electrons. The molecule has 4 rings (SSSR count). The van der Waals surface area contributed by atoms with Crippen molar-refractivity contribution in [3.63, 3.8) is 0 Å². The zero-order chi connectivity index (χ0) is 19.5. The van der Waals surface area contributed by atoms with E-state index in [9.17, 15) is 9.90 Å². The number of hydrogen-bond donors (Lipinski definition) is 2. The van der Waals surface area contributed by atoms with Gasteiger partial charge in [-0.25, -0.2) is 9.67 Å². The quantitative estimate of drug-likeness (QED) is 0.799. The second-order valence-corrected chi connectivity index (χ2v) is 8.77. The van der Waals surface area contributed by atoms with Gasteiger partial charge in [-0.05, 0) is 45.1 Å². The minimum absolute atomic E-state index is 0.125. The fourth-order valence-electron chi connectivity index (χ4n) is 4.34. The van der Waals surface area contributed by atoms with E-state index >= 15 is 0 Å². The average molecular weight is 404 g/mol. The van der Waals surface area contributed by atoms with Gasteiger partial charge in [-0.1, -0.05) is 12.8 Å². The van der Waals surface area contributed by atoms with Crippen LogP contribution < -0.4 is 15.8 Å². The summed E-state index contributed by atoms with van der Waals surface area (Å²) in [6.45, 7) is 3.74. The molecule has 3 atom stereocenters. The number of thiazole rings is 1. The van der Waals surface area contributed by atoms with Crippen molar-refractivity contribution in [2.45, 2.75) is 70.1 Å². The van der Waals surface area contributed by atoms with Crippen molar-refractivity contribution in [2.24, 2.45) is 0 Å². The summed E-state index contributed by atoms with van der Waals surface area (Å²) < 4.78 is 1.53. The number of aryl methyl sites for hydroxylation is 1. The normalized spacial score (nSPS) is 25.6. The van der Waals surface area contributed by atoms with Crippen LogP contribution in [0.4, 0.5) is 10.9 Å². The van der Waals surface area contributed by atoms with E-state index in [1.54, 1.807) is 17.4 Å². The molecular formula is C20H29N5O2S. The Labute approximate surface area is 169 Å². The van der Waals surface area contributed by atoms with E-state index < -0.39 is 6.10 Å². The van der Waals surface area contributed by atoms with Crippen LogP contribution in [0.1, 0.15) is 56.7 Å². The molecule has 8 heteroatoms. The molecule has 2 aromatic heterocycles. The highest BCUT2D eigenvalue weighted by molar-refractivity contribution is 7.13. The fourth-order valence-corrected chi connectivity index (χ4v) is 5.04. The predicted molar refractivity (Wildman–Crippen MR) is 112 cm³/mol. The summed E-state index contributed by atoms with van der Waals surface area (Å²) in [7, 11) is 0. The van der Waals surface area contributed by atoms with Crippen LogP contribution in [0, 0.1) is 6.92 Å². The second-order valence-electron chi connectivity index (χ2n) is 7.91. The van der Waals surface area contributed by atoms with Gasteiger partial charge in [-0.15, -0.1) is 11.3 Å². The lowest BCUT2D eigenvalue weighted by Crippen LogP contribution is -2.45. The highest BCUT2D eigenvalue weighted by Crippen LogP contribution is 2.28. The van der Waals surface area contributed by atoms with Crippen LogP contribution in [-0.2, 0) is 0 Å². The summed E-state index contributed by atoms with van der Waals surface area (Å²) in [5, 5.41) is 21.6. The van der Waals surface area contributed by atoms with Crippen LogP contribution in [0.2, 0.25) is 0 Å². The lowest BCUT2D eigenvalue weighted by molar-refractivity contribution is 0.0669. The van der Waals surface area contributed by atoms with E-state index in [2.05, 4.69) is 15.2 Å². The second kappa shape index (κ2) is 8.61. The molecule has 2 fully saturated rings. The van der Waals surface area contributed by atoms with E-state index in [0.29, 0.717) is 6.04 Å². The standard InChI is InChI=1S/C20H29N5O2S/c1-14-13-28-20(22-14)21-12-15-6-4-5-11-24(15)18-9-10-19(27)25(23-18)16-7-2-3-8-17(16)26/h9-10,13,15-17,26H,2-8,11-12H2,1H3,(H,21,22). The summed E-state index contributed by atoms with van der Waals surface area (Å²) in [6.07, 6.45) is 6.52. The first-order valence-corrected chi connectivity index (χ1v) is 11.2. The smallest absolute Gasteiger partial charge is 0.267 e. The van der Waals surface area contributed by atoms with Crippen molar-refractivity contribution in [2.75, 3.05) is 23.3 Å². The lowest BCUT2D eigenvalue weighted by Gasteiger charge is -2.37. The molecule has 0 aromatic carbocycles. The Morgan fingerprint density at radius 1 is 1.21 bits per heavy atom. The van der Waals surface area contributed by atoms with Crippen molar-refractivity contribution < 1.29 is 5.11 Å². The van der Waals surface area contributed by atoms with Gasteiger partial charge < -0.3 is 15.3 Å². The van der Waals surface area contributed by atoms with Crippen molar-refractivity contribution in [3.05, 3.63) is 33.6 Å². The van der Waals surface area contributed by atoms with Crippen LogP contribution in [0.25, 0.3) is 0 Å².